The molecule has 0 aliphatic rings. The highest BCUT2D eigenvalue weighted by molar-refractivity contribution is 6.31. The molecule has 216 valence electrons. The predicted octanol–water partition coefficient (Wildman–Crippen LogP) is 4.85. The van der Waals surface area contributed by atoms with Crippen LogP contribution in [0.2, 0.25) is 5.02 Å². The Labute approximate surface area is 249 Å². The largest absolute Gasteiger partial charge is 0.497 e. The molecular formula is C33H41ClN6O. The van der Waals surface area contributed by atoms with Crippen LogP contribution in [0.4, 0.5) is 0 Å². The summed E-state index contributed by atoms with van der Waals surface area (Å²) in [7, 11) is 1.68. The quantitative estimate of drug-likeness (QED) is 0.147. The minimum atomic E-state index is 0.776. The SMILES string of the molecule is COc1ccc(Cl)c(CCNCc2ccc(CN(CCNCc3ccccn3)CCNCc3ccccn3)cc2)c1. The maximum Gasteiger partial charge on any atom is 0.119 e. The van der Waals surface area contributed by atoms with Crippen molar-refractivity contribution in [1.82, 2.24) is 30.8 Å². The fourth-order valence-electron chi connectivity index (χ4n) is 4.53. The van der Waals surface area contributed by atoms with Crippen molar-refractivity contribution in [3.8, 4) is 5.75 Å². The van der Waals surface area contributed by atoms with E-state index in [2.05, 4.69) is 67.2 Å². The zero-order valence-electron chi connectivity index (χ0n) is 23.9. The molecule has 41 heavy (non-hydrogen) atoms. The van der Waals surface area contributed by atoms with Gasteiger partial charge >= 0.3 is 0 Å². The minimum absolute atomic E-state index is 0.776. The second kappa shape index (κ2) is 17.5. The van der Waals surface area contributed by atoms with E-state index in [-0.39, 0.29) is 0 Å². The van der Waals surface area contributed by atoms with Crippen molar-refractivity contribution in [3.05, 3.63) is 124 Å². The van der Waals surface area contributed by atoms with Crippen LogP contribution >= 0.6 is 11.6 Å². The monoisotopic (exact) mass is 572 g/mol. The summed E-state index contributed by atoms with van der Waals surface area (Å²) in [5.41, 5.74) is 5.80. The molecule has 0 unspecified atom stereocenters. The molecule has 8 heteroatoms. The van der Waals surface area contributed by atoms with Gasteiger partial charge in [-0.05, 0) is 72.1 Å². The summed E-state index contributed by atoms with van der Waals surface area (Å²) in [4.78, 5) is 11.3. The zero-order chi connectivity index (χ0) is 28.5. The number of methoxy groups -OCH3 is 1. The molecule has 0 aliphatic carbocycles. The normalized spacial score (nSPS) is 11.2. The first-order valence-corrected chi connectivity index (χ1v) is 14.6. The third-order valence-electron chi connectivity index (χ3n) is 6.86. The molecule has 0 aliphatic heterocycles. The summed E-state index contributed by atoms with van der Waals surface area (Å²) < 4.78 is 5.32. The smallest absolute Gasteiger partial charge is 0.119 e. The average Bonchev–Trinajstić information content (AvgIpc) is 3.02. The van der Waals surface area contributed by atoms with E-state index < -0.39 is 0 Å². The maximum atomic E-state index is 6.34. The van der Waals surface area contributed by atoms with Gasteiger partial charge in [0.25, 0.3) is 0 Å². The molecule has 3 N–H and O–H groups in total. The van der Waals surface area contributed by atoms with E-state index in [1.807, 2.05) is 54.9 Å². The molecule has 2 aromatic heterocycles. The van der Waals surface area contributed by atoms with Gasteiger partial charge in [0.05, 0.1) is 18.5 Å². The Hall–Kier alpha value is -3.33. The number of nitrogens with one attached hydrogen (secondary N) is 3. The first kappa shape index (κ1) is 30.6. The van der Waals surface area contributed by atoms with Gasteiger partial charge in [-0.15, -0.1) is 0 Å². The van der Waals surface area contributed by atoms with Crippen molar-refractivity contribution < 1.29 is 4.74 Å². The van der Waals surface area contributed by atoms with Crippen LogP contribution in [0, 0.1) is 0 Å². The van der Waals surface area contributed by atoms with Gasteiger partial charge in [0.15, 0.2) is 0 Å². The Morgan fingerprint density at radius 2 is 1.32 bits per heavy atom. The van der Waals surface area contributed by atoms with Crippen LogP contribution < -0.4 is 20.7 Å². The van der Waals surface area contributed by atoms with Crippen LogP contribution in [0.5, 0.6) is 5.75 Å². The molecule has 4 rings (SSSR count). The van der Waals surface area contributed by atoms with E-state index in [0.717, 1.165) is 93.0 Å². The van der Waals surface area contributed by atoms with Crippen LogP contribution in [0.1, 0.15) is 28.1 Å². The van der Waals surface area contributed by atoms with Gasteiger partial charge in [-0.25, -0.2) is 0 Å². The second-order valence-corrected chi connectivity index (χ2v) is 10.4. The van der Waals surface area contributed by atoms with E-state index in [9.17, 15) is 0 Å². The molecule has 4 aromatic rings. The van der Waals surface area contributed by atoms with Crippen LogP contribution in [0.15, 0.2) is 91.3 Å². The van der Waals surface area contributed by atoms with Crippen LogP contribution in [-0.2, 0) is 32.6 Å². The molecule has 0 fully saturated rings. The molecule has 0 bridgehead atoms. The van der Waals surface area contributed by atoms with Gasteiger partial charge in [-0.3, -0.25) is 14.9 Å². The number of benzene rings is 2. The Bertz CT molecular complexity index is 1230. The number of hydrogen-bond donors (Lipinski definition) is 3. The van der Waals surface area contributed by atoms with Gasteiger partial charge < -0.3 is 20.7 Å². The highest BCUT2D eigenvalue weighted by atomic mass is 35.5. The van der Waals surface area contributed by atoms with Crippen molar-refractivity contribution in [2.24, 2.45) is 0 Å². The number of nitrogens with zero attached hydrogens (tertiary/aromatic N) is 3. The fourth-order valence-corrected chi connectivity index (χ4v) is 4.74. The average molecular weight is 573 g/mol. The van der Waals surface area contributed by atoms with E-state index >= 15 is 0 Å². The van der Waals surface area contributed by atoms with Crippen LogP contribution in [-0.4, -0.2) is 54.7 Å². The molecule has 0 saturated heterocycles. The number of halogens is 1. The summed E-state index contributed by atoms with van der Waals surface area (Å²) in [5, 5.41) is 11.4. The van der Waals surface area contributed by atoms with E-state index in [0.29, 0.717) is 0 Å². The molecule has 2 aromatic carbocycles. The summed E-state index contributed by atoms with van der Waals surface area (Å²) in [6.45, 7) is 7.82. The van der Waals surface area contributed by atoms with Gasteiger partial charge in [0, 0.05) is 69.8 Å². The highest BCUT2D eigenvalue weighted by Gasteiger charge is 2.08. The van der Waals surface area contributed by atoms with Crippen molar-refractivity contribution in [2.45, 2.75) is 32.6 Å². The lowest BCUT2D eigenvalue weighted by molar-refractivity contribution is 0.263. The number of hydrogen-bond acceptors (Lipinski definition) is 7. The molecular weight excluding hydrogens is 532 g/mol. The lowest BCUT2D eigenvalue weighted by atomic mass is 10.1. The van der Waals surface area contributed by atoms with Crippen LogP contribution in [0.3, 0.4) is 0 Å². The van der Waals surface area contributed by atoms with Crippen molar-refractivity contribution in [2.75, 3.05) is 39.8 Å². The van der Waals surface area contributed by atoms with E-state index in [4.69, 9.17) is 16.3 Å². The van der Waals surface area contributed by atoms with Gasteiger partial charge in [0.1, 0.15) is 5.75 Å². The summed E-state index contributed by atoms with van der Waals surface area (Å²) >= 11 is 6.34. The Morgan fingerprint density at radius 1 is 0.707 bits per heavy atom. The second-order valence-electron chi connectivity index (χ2n) is 9.97. The van der Waals surface area contributed by atoms with Gasteiger partial charge in [-0.2, -0.15) is 0 Å². The van der Waals surface area contributed by atoms with E-state index in [1.54, 1.807) is 7.11 Å². The highest BCUT2D eigenvalue weighted by Crippen LogP contribution is 2.22. The van der Waals surface area contributed by atoms with Crippen molar-refractivity contribution >= 4 is 11.6 Å². The molecule has 7 nitrogen and oxygen atoms in total. The van der Waals surface area contributed by atoms with Gasteiger partial charge in [0.2, 0.25) is 0 Å². The Morgan fingerprint density at radius 3 is 1.90 bits per heavy atom. The third-order valence-corrected chi connectivity index (χ3v) is 7.23. The molecule has 0 saturated carbocycles. The first-order valence-electron chi connectivity index (χ1n) is 14.2. The molecule has 0 spiro atoms. The number of pyridine rings is 2. The van der Waals surface area contributed by atoms with E-state index in [1.165, 1.54) is 11.1 Å². The predicted molar refractivity (Wildman–Crippen MR) is 167 cm³/mol. The van der Waals surface area contributed by atoms with Crippen molar-refractivity contribution in [3.63, 3.8) is 0 Å². The lowest BCUT2D eigenvalue weighted by Gasteiger charge is -2.23. The summed E-state index contributed by atoms with van der Waals surface area (Å²) in [6.07, 6.45) is 4.53. The summed E-state index contributed by atoms with van der Waals surface area (Å²) in [5.74, 6) is 0.835. The molecule has 0 radical (unpaired) electrons. The summed E-state index contributed by atoms with van der Waals surface area (Å²) in [6, 6.07) is 26.8. The first-order chi connectivity index (χ1) is 20.2. The maximum absolute atomic E-state index is 6.34. The Kier molecular flexibility index (Phi) is 13.1. The van der Waals surface area contributed by atoms with Crippen LogP contribution in [0.25, 0.3) is 0 Å². The van der Waals surface area contributed by atoms with Gasteiger partial charge in [-0.1, -0.05) is 48.0 Å². The number of aromatic nitrogens is 2. The standard InChI is InChI=1S/C33H41ClN6O/c1-41-32-12-13-33(34)29(22-32)14-17-35-23-27-8-10-28(11-9-27)26-40(20-18-36-24-30-6-2-4-15-38-30)21-19-37-25-31-7-3-5-16-39-31/h2-13,15-16,22,35-37H,14,17-21,23-26H2,1H3. The van der Waals surface area contributed by atoms with Crippen molar-refractivity contribution in [1.29, 1.82) is 0 Å². The number of ether oxygens (including phenoxy) is 1. The zero-order valence-corrected chi connectivity index (χ0v) is 24.6. The molecule has 0 atom stereocenters. The fraction of sp³-hybridized carbons (Fsp3) is 0.333. The number of rotatable bonds is 18. The topological polar surface area (TPSA) is 74.3 Å². The molecule has 2 heterocycles. The third kappa shape index (κ3) is 11.2. The molecule has 0 amide bonds. The minimum Gasteiger partial charge on any atom is -0.497 e. The lowest BCUT2D eigenvalue weighted by Crippen LogP contribution is -2.36. The Balaban J connectivity index is 1.22.